The van der Waals surface area contributed by atoms with E-state index in [1.807, 2.05) is 6.92 Å². The summed E-state index contributed by atoms with van der Waals surface area (Å²) in [7, 11) is 1.49. The molecular formula is C23H20ClN5O4. The minimum atomic E-state index is -0.492. The SMILES string of the molecule is COc1cc(C2C(C#N)=C(N)Oc3n[nH]c(C)c32)ccc1OCC(=O)Nc1ccc(Cl)cc1. The smallest absolute Gasteiger partial charge is 0.262 e. The number of benzene rings is 2. The highest BCUT2D eigenvalue weighted by Crippen LogP contribution is 2.44. The molecule has 1 aliphatic heterocycles. The maximum absolute atomic E-state index is 12.3. The van der Waals surface area contributed by atoms with Gasteiger partial charge in [0.25, 0.3) is 5.91 Å². The summed E-state index contributed by atoms with van der Waals surface area (Å²) in [5, 5.41) is 20.0. The van der Waals surface area contributed by atoms with Crippen LogP contribution < -0.4 is 25.3 Å². The highest BCUT2D eigenvalue weighted by molar-refractivity contribution is 6.30. The molecule has 2 heterocycles. The first-order valence-corrected chi connectivity index (χ1v) is 10.3. The Kier molecular flexibility index (Phi) is 6.11. The second-order valence-corrected chi connectivity index (χ2v) is 7.68. The van der Waals surface area contributed by atoms with Crippen molar-refractivity contribution in [1.82, 2.24) is 10.2 Å². The molecule has 10 heteroatoms. The number of nitrogens with one attached hydrogen (secondary N) is 2. The fourth-order valence-corrected chi connectivity index (χ4v) is 3.71. The Morgan fingerprint density at radius 3 is 2.76 bits per heavy atom. The number of halogens is 1. The Morgan fingerprint density at radius 2 is 2.06 bits per heavy atom. The molecule has 4 N–H and O–H groups in total. The molecule has 0 aliphatic carbocycles. The summed E-state index contributed by atoms with van der Waals surface area (Å²) in [6.45, 7) is 1.61. The van der Waals surface area contributed by atoms with Gasteiger partial charge < -0.3 is 25.3 Å². The van der Waals surface area contributed by atoms with E-state index in [4.69, 9.17) is 31.5 Å². The van der Waals surface area contributed by atoms with E-state index in [-0.39, 0.29) is 24.0 Å². The minimum Gasteiger partial charge on any atom is -0.493 e. The lowest BCUT2D eigenvalue weighted by atomic mass is 9.84. The van der Waals surface area contributed by atoms with Crippen LogP contribution >= 0.6 is 11.6 Å². The van der Waals surface area contributed by atoms with Crippen LogP contribution in [0.4, 0.5) is 5.69 Å². The second-order valence-electron chi connectivity index (χ2n) is 7.25. The number of hydrogen-bond acceptors (Lipinski definition) is 7. The van der Waals surface area contributed by atoms with Gasteiger partial charge in [-0.25, -0.2) is 0 Å². The summed E-state index contributed by atoms with van der Waals surface area (Å²) in [5.41, 5.74) is 9.06. The van der Waals surface area contributed by atoms with Crippen LogP contribution in [0.1, 0.15) is 22.7 Å². The molecule has 168 valence electrons. The number of H-pyrrole nitrogens is 1. The molecule has 33 heavy (non-hydrogen) atoms. The van der Waals surface area contributed by atoms with Crippen molar-refractivity contribution in [2.75, 3.05) is 19.0 Å². The van der Waals surface area contributed by atoms with Crippen LogP contribution in [0.2, 0.25) is 5.02 Å². The number of carbonyl (C=O) groups excluding carboxylic acids is 1. The van der Waals surface area contributed by atoms with Crippen molar-refractivity contribution in [3.05, 3.63) is 75.8 Å². The van der Waals surface area contributed by atoms with Gasteiger partial charge in [-0.3, -0.25) is 9.89 Å². The lowest BCUT2D eigenvalue weighted by molar-refractivity contribution is -0.118. The van der Waals surface area contributed by atoms with Crippen LogP contribution in [0.5, 0.6) is 17.4 Å². The number of hydrogen-bond donors (Lipinski definition) is 3. The third-order valence-corrected chi connectivity index (χ3v) is 5.39. The first kappa shape index (κ1) is 22.0. The Balaban J connectivity index is 1.56. The Morgan fingerprint density at radius 1 is 1.30 bits per heavy atom. The number of methoxy groups -OCH3 is 1. The first-order valence-electron chi connectivity index (χ1n) is 9.90. The molecule has 0 fully saturated rings. The number of aromatic nitrogens is 2. The van der Waals surface area contributed by atoms with E-state index in [0.29, 0.717) is 28.1 Å². The number of ether oxygens (including phenoxy) is 3. The minimum absolute atomic E-state index is 0.000311. The molecule has 0 saturated heterocycles. The largest absolute Gasteiger partial charge is 0.493 e. The fourth-order valence-electron chi connectivity index (χ4n) is 3.59. The number of allylic oxidation sites excluding steroid dienone is 1. The number of anilines is 1. The Bertz CT molecular complexity index is 1280. The van der Waals surface area contributed by atoms with Crippen LogP contribution in [0.25, 0.3) is 0 Å². The molecule has 0 radical (unpaired) electrons. The Labute approximate surface area is 194 Å². The molecule has 0 spiro atoms. The molecule has 4 rings (SSSR count). The van der Waals surface area contributed by atoms with Crippen LogP contribution in [0.3, 0.4) is 0 Å². The van der Waals surface area contributed by atoms with Crippen LogP contribution in [0, 0.1) is 18.3 Å². The van der Waals surface area contributed by atoms with Gasteiger partial charge in [-0.05, 0) is 48.9 Å². The second kappa shape index (κ2) is 9.14. The van der Waals surface area contributed by atoms with Crippen molar-refractivity contribution < 1.29 is 19.0 Å². The maximum atomic E-state index is 12.3. The zero-order valence-corrected chi connectivity index (χ0v) is 18.6. The standard InChI is InChI=1S/C23H20ClN5O4/c1-12-20-21(16(10-25)22(26)33-23(20)29-28-12)13-3-8-17(18(9-13)31-2)32-11-19(30)27-15-6-4-14(24)5-7-15/h3-9,21H,11,26H2,1-2H3,(H,27,30)(H,28,29). The number of nitrogens with zero attached hydrogens (tertiary/aromatic N) is 2. The highest BCUT2D eigenvalue weighted by Gasteiger charge is 2.34. The van der Waals surface area contributed by atoms with Crippen molar-refractivity contribution in [3.8, 4) is 23.4 Å². The van der Waals surface area contributed by atoms with Gasteiger partial charge in [-0.15, -0.1) is 5.10 Å². The summed E-state index contributed by atoms with van der Waals surface area (Å²) in [4.78, 5) is 12.3. The number of rotatable bonds is 6. The number of fused-ring (bicyclic) bond motifs is 1. The van der Waals surface area contributed by atoms with Gasteiger partial charge in [0.2, 0.25) is 11.8 Å². The van der Waals surface area contributed by atoms with Gasteiger partial charge in [0, 0.05) is 22.0 Å². The summed E-state index contributed by atoms with van der Waals surface area (Å²) in [6, 6.07) is 14.1. The molecule has 1 amide bonds. The number of carbonyl (C=O) groups is 1. The first-order chi connectivity index (χ1) is 15.9. The van der Waals surface area contributed by atoms with Crippen molar-refractivity contribution in [1.29, 1.82) is 5.26 Å². The number of aromatic amines is 1. The summed E-state index contributed by atoms with van der Waals surface area (Å²) >= 11 is 5.86. The number of nitrogens with two attached hydrogens (primary N) is 1. The van der Waals surface area contributed by atoms with E-state index in [9.17, 15) is 10.1 Å². The molecular weight excluding hydrogens is 446 g/mol. The molecule has 0 bridgehead atoms. The maximum Gasteiger partial charge on any atom is 0.262 e. The topological polar surface area (TPSA) is 135 Å². The van der Waals surface area contributed by atoms with Crippen molar-refractivity contribution in [2.45, 2.75) is 12.8 Å². The molecule has 1 unspecified atom stereocenters. The predicted octanol–water partition coefficient (Wildman–Crippen LogP) is 3.62. The van der Waals surface area contributed by atoms with Gasteiger partial charge in [0.1, 0.15) is 11.6 Å². The van der Waals surface area contributed by atoms with E-state index in [2.05, 4.69) is 21.6 Å². The molecule has 9 nitrogen and oxygen atoms in total. The average molecular weight is 466 g/mol. The van der Waals surface area contributed by atoms with Gasteiger partial charge >= 0.3 is 0 Å². The zero-order valence-electron chi connectivity index (χ0n) is 17.8. The molecule has 1 aliphatic rings. The third-order valence-electron chi connectivity index (χ3n) is 5.14. The number of aryl methyl sites for hydroxylation is 1. The Hall–Kier alpha value is -4.16. The normalized spacial score (nSPS) is 14.7. The van der Waals surface area contributed by atoms with E-state index in [1.54, 1.807) is 42.5 Å². The van der Waals surface area contributed by atoms with Gasteiger partial charge in [0.05, 0.1) is 13.0 Å². The third kappa shape index (κ3) is 4.42. The quantitative estimate of drug-likeness (QED) is 0.505. The molecule has 1 aromatic heterocycles. The summed E-state index contributed by atoms with van der Waals surface area (Å²) in [5.74, 6) is 0.269. The van der Waals surface area contributed by atoms with E-state index in [0.717, 1.165) is 16.8 Å². The zero-order chi connectivity index (χ0) is 23.5. The lowest BCUT2D eigenvalue weighted by Gasteiger charge is -2.24. The van der Waals surface area contributed by atoms with Crippen molar-refractivity contribution in [2.24, 2.45) is 5.73 Å². The van der Waals surface area contributed by atoms with E-state index < -0.39 is 5.92 Å². The molecule has 1 atom stereocenters. The van der Waals surface area contributed by atoms with E-state index in [1.165, 1.54) is 7.11 Å². The van der Waals surface area contributed by atoms with Gasteiger partial charge in [-0.1, -0.05) is 17.7 Å². The number of amides is 1. The number of nitriles is 1. The summed E-state index contributed by atoms with van der Waals surface area (Å²) in [6.07, 6.45) is 0. The summed E-state index contributed by atoms with van der Waals surface area (Å²) < 4.78 is 16.6. The monoisotopic (exact) mass is 465 g/mol. The van der Waals surface area contributed by atoms with Crippen LogP contribution in [0.15, 0.2) is 53.9 Å². The predicted molar refractivity (Wildman–Crippen MR) is 121 cm³/mol. The average Bonchev–Trinajstić information content (AvgIpc) is 3.18. The van der Waals surface area contributed by atoms with Gasteiger partial charge in [-0.2, -0.15) is 5.26 Å². The van der Waals surface area contributed by atoms with E-state index >= 15 is 0 Å². The van der Waals surface area contributed by atoms with Crippen molar-refractivity contribution in [3.63, 3.8) is 0 Å². The molecule has 2 aromatic carbocycles. The fraction of sp³-hybridized carbons (Fsp3) is 0.174. The molecule has 0 saturated carbocycles. The highest BCUT2D eigenvalue weighted by atomic mass is 35.5. The van der Waals surface area contributed by atoms with Gasteiger partial charge in [0.15, 0.2) is 18.1 Å². The van der Waals surface area contributed by atoms with Crippen molar-refractivity contribution >= 4 is 23.2 Å². The van der Waals surface area contributed by atoms with Crippen LogP contribution in [-0.2, 0) is 4.79 Å². The lowest BCUT2D eigenvalue weighted by Crippen LogP contribution is -2.21. The van der Waals surface area contributed by atoms with Crippen LogP contribution in [-0.4, -0.2) is 29.8 Å². The molecule has 3 aromatic rings.